The lowest BCUT2D eigenvalue weighted by Crippen LogP contribution is -2.24. The summed E-state index contributed by atoms with van der Waals surface area (Å²) in [7, 11) is 0. The average Bonchev–Trinajstić information content (AvgIpc) is 2.33. The summed E-state index contributed by atoms with van der Waals surface area (Å²) in [6.07, 6.45) is 1.90. The van der Waals surface area contributed by atoms with E-state index in [-0.39, 0.29) is 11.4 Å². The maximum atomic E-state index is 11.7. The highest BCUT2D eigenvalue weighted by atomic mass is 16.5. The van der Waals surface area contributed by atoms with E-state index in [2.05, 4.69) is 20.8 Å². The first-order valence-electron chi connectivity index (χ1n) is 6.37. The van der Waals surface area contributed by atoms with E-state index in [4.69, 9.17) is 10.5 Å². The van der Waals surface area contributed by atoms with Crippen LogP contribution < -0.4 is 5.73 Å². The van der Waals surface area contributed by atoms with E-state index >= 15 is 0 Å². The highest BCUT2D eigenvalue weighted by Gasteiger charge is 2.17. The fourth-order valence-corrected chi connectivity index (χ4v) is 1.66. The van der Waals surface area contributed by atoms with Crippen molar-refractivity contribution in [2.24, 2.45) is 11.1 Å². The van der Waals surface area contributed by atoms with Crippen LogP contribution in [0.15, 0.2) is 30.3 Å². The van der Waals surface area contributed by atoms with Gasteiger partial charge in [0.05, 0.1) is 6.61 Å². The first-order chi connectivity index (χ1) is 8.40. The predicted octanol–water partition coefficient (Wildman–Crippen LogP) is 3.06. The summed E-state index contributed by atoms with van der Waals surface area (Å²) in [4.78, 5) is 11.7. The van der Waals surface area contributed by atoms with Gasteiger partial charge in [-0.05, 0) is 23.8 Å². The largest absolute Gasteiger partial charge is 0.464 e. The van der Waals surface area contributed by atoms with Gasteiger partial charge in [-0.3, -0.25) is 0 Å². The molecule has 2 N–H and O–H groups in total. The Labute approximate surface area is 109 Å². The van der Waals surface area contributed by atoms with Crippen molar-refractivity contribution in [1.82, 2.24) is 0 Å². The van der Waals surface area contributed by atoms with Crippen LogP contribution in [0.25, 0.3) is 0 Å². The molecule has 0 bridgehead atoms. The van der Waals surface area contributed by atoms with Crippen molar-refractivity contribution in [3.63, 3.8) is 0 Å². The van der Waals surface area contributed by atoms with Crippen LogP contribution in [0.1, 0.15) is 45.2 Å². The SMILES string of the molecule is CC(C)(C)CCCOC(=O)C(N)c1ccccc1. The molecule has 100 valence electrons. The Hall–Kier alpha value is -1.35. The molecule has 18 heavy (non-hydrogen) atoms. The Bertz CT molecular complexity index is 368. The molecule has 0 aromatic heterocycles. The zero-order chi connectivity index (χ0) is 13.6. The molecule has 0 amide bonds. The Balaban J connectivity index is 2.33. The lowest BCUT2D eigenvalue weighted by atomic mass is 9.91. The van der Waals surface area contributed by atoms with E-state index in [9.17, 15) is 4.79 Å². The Morgan fingerprint density at radius 3 is 2.44 bits per heavy atom. The van der Waals surface area contributed by atoms with Gasteiger partial charge in [0.15, 0.2) is 0 Å². The van der Waals surface area contributed by atoms with Gasteiger partial charge in [0.25, 0.3) is 0 Å². The molecule has 0 aliphatic rings. The van der Waals surface area contributed by atoms with Crippen LogP contribution in [0.2, 0.25) is 0 Å². The van der Waals surface area contributed by atoms with Crippen LogP contribution in [0, 0.1) is 5.41 Å². The number of esters is 1. The molecule has 0 fully saturated rings. The molecule has 1 aromatic carbocycles. The number of hydrogen-bond acceptors (Lipinski definition) is 3. The van der Waals surface area contributed by atoms with Crippen molar-refractivity contribution >= 4 is 5.97 Å². The van der Waals surface area contributed by atoms with Crippen molar-refractivity contribution in [2.75, 3.05) is 6.61 Å². The standard InChI is InChI=1S/C15H23NO2/c1-15(2,3)10-7-11-18-14(17)13(16)12-8-5-4-6-9-12/h4-6,8-9,13H,7,10-11,16H2,1-3H3. The van der Waals surface area contributed by atoms with Crippen molar-refractivity contribution in [1.29, 1.82) is 0 Å². The molecule has 0 saturated carbocycles. The van der Waals surface area contributed by atoms with Gasteiger partial charge in [0.2, 0.25) is 0 Å². The minimum Gasteiger partial charge on any atom is -0.464 e. The Morgan fingerprint density at radius 1 is 1.28 bits per heavy atom. The number of carbonyl (C=O) groups excluding carboxylic acids is 1. The Morgan fingerprint density at radius 2 is 1.89 bits per heavy atom. The van der Waals surface area contributed by atoms with E-state index in [1.807, 2.05) is 30.3 Å². The lowest BCUT2D eigenvalue weighted by molar-refractivity contribution is -0.145. The van der Waals surface area contributed by atoms with E-state index in [0.717, 1.165) is 18.4 Å². The maximum absolute atomic E-state index is 11.7. The van der Waals surface area contributed by atoms with E-state index in [0.29, 0.717) is 6.61 Å². The summed E-state index contributed by atoms with van der Waals surface area (Å²) < 4.78 is 5.19. The fraction of sp³-hybridized carbons (Fsp3) is 0.533. The molecule has 3 heteroatoms. The second kappa shape index (κ2) is 6.55. The summed E-state index contributed by atoms with van der Waals surface area (Å²) in [5.74, 6) is -0.352. The monoisotopic (exact) mass is 249 g/mol. The van der Waals surface area contributed by atoms with Crippen molar-refractivity contribution in [3.05, 3.63) is 35.9 Å². The highest BCUT2D eigenvalue weighted by Crippen LogP contribution is 2.20. The summed E-state index contributed by atoms with van der Waals surface area (Å²) in [5, 5.41) is 0. The van der Waals surface area contributed by atoms with Crippen LogP contribution in [-0.2, 0) is 9.53 Å². The second-order valence-electron chi connectivity index (χ2n) is 5.72. The van der Waals surface area contributed by atoms with Gasteiger partial charge in [-0.2, -0.15) is 0 Å². The first kappa shape index (κ1) is 14.7. The number of benzene rings is 1. The third-order valence-corrected chi connectivity index (χ3v) is 2.73. The normalized spacial score (nSPS) is 13.1. The molecule has 1 rings (SSSR count). The van der Waals surface area contributed by atoms with Crippen molar-refractivity contribution in [2.45, 2.75) is 39.7 Å². The van der Waals surface area contributed by atoms with Gasteiger partial charge >= 0.3 is 5.97 Å². The molecule has 0 spiro atoms. The average molecular weight is 249 g/mol. The number of carbonyl (C=O) groups is 1. The van der Waals surface area contributed by atoms with Gasteiger partial charge in [-0.1, -0.05) is 51.1 Å². The Kier molecular flexibility index (Phi) is 5.35. The lowest BCUT2D eigenvalue weighted by Gasteiger charge is -2.18. The van der Waals surface area contributed by atoms with Crippen LogP contribution in [0.3, 0.4) is 0 Å². The number of nitrogens with two attached hydrogens (primary N) is 1. The smallest absolute Gasteiger partial charge is 0.327 e. The van der Waals surface area contributed by atoms with Crippen LogP contribution >= 0.6 is 0 Å². The summed E-state index contributed by atoms with van der Waals surface area (Å²) in [6, 6.07) is 8.61. The predicted molar refractivity (Wildman–Crippen MR) is 73.0 cm³/mol. The quantitative estimate of drug-likeness (QED) is 0.644. The third kappa shape index (κ3) is 5.32. The summed E-state index contributed by atoms with van der Waals surface area (Å²) in [5.41, 5.74) is 6.89. The maximum Gasteiger partial charge on any atom is 0.327 e. The van der Waals surface area contributed by atoms with E-state index in [1.54, 1.807) is 0 Å². The molecule has 0 radical (unpaired) electrons. The van der Waals surface area contributed by atoms with Crippen LogP contribution in [-0.4, -0.2) is 12.6 Å². The first-order valence-corrected chi connectivity index (χ1v) is 6.37. The van der Waals surface area contributed by atoms with Crippen molar-refractivity contribution in [3.8, 4) is 0 Å². The number of hydrogen-bond donors (Lipinski definition) is 1. The summed E-state index contributed by atoms with van der Waals surface area (Å²) in [6.45, 7) is 6.95. The molecule has 1 aromatic rings. The molecular weight excluding hydrogens is 226 g/mol. The molecule has 0 aliphatic carbocycles. The van der Waals surface area contributed by atoms with Gasteiger partial charge < -0.3 is 10.5 Å². The van der Waals surface area contributed by atoms with Crippen molar-refractivity contribution < 1.29 is 9.53 Å². The minimum atomic E-state index is -0.680. The second-order valence-corrected chi connectivity index (χ2v) is 5.72. The minimum absolute atomic E-state index is 0.272. The number of ether oxygens (including phenoxy) is 1. The number of rotatable bonds is 5. The molecule has 0 saturated heterocycles. The van der Waals surface area contributed by atoms with E-state index in [1.165, 1.54) is 0 Å². The fourth-order valence-electron chi connectivity index (χ4n) is 1.66. The summed E-state index contributed by atoms with van der Waals surface area (Å²) >= 11 is 0. The zero-order valence-corrected chi connectivity index (χ0v) is 11.5. The topological polar surface area (TPSA) is 52.3 Å². The molecule has 1 atom stereocenters. The highest BCUT2D eigenvalue weighted by molar-refractivity contribution is 5.77. The van der Waals surface area contributed by atoms with E-state index < -0.39 is 6.04 Å². The van der Waals surface area contributed by atoms with Gasteiger partial charge in [-0.25, -0.2) is 4.79 Å². The van der Waals surface area contributed by atoms with Gasteiger partial charge in [-0.15, -0.1) is 0 Å². The third-order valence-electron chi connectivity index (χ3n) is 2.73. The molecular formula is C15H23NO2. The van der Waals surface area contributed by atoms with Crippen LogP contribution in [0.4, 0.5) is 0 Å². The molecule has 1 unspecified atom stereocenters. The van der Waals surface area contributed by atoms with Crippen LogP contribution in [0.5, 0.6) is 0 Å². The molecule has 0 aliphatic heterocycles. The molecule has 3 nitrogen and oxygen atoms in total. The zero-order valence-electron chi connectivity index (χ0n) is 11.5. The van der Waals surface area contributed by atoms with Gasteiger partial charge in [0, 0.05) is 0 Å². The molecule has 0 heterocycles. The van der Waals surface area contributed by atoms with Gasteiger partial charge in [0.1, 0.15) is 6.04 Å².